The standard InChI is InChI=1S/C18H31N5O2.HI/c1-19-18(20-8-11-23-9-4-3-5-10-23)22-15-16-6-7-17(21-14-16)25-13-12-24-2;/h6-7,14H,3-5,8-13,15H2,1-2H3,(H2,19,20,22);1H. The largest absolute Gasteiger partial charge is 0.475 e. The maximum Gasteiger partial charge on any atom is 0.213 e. The Bertz CT molecular complexity index is 507. The van der Waals surface area contributed by atoms with Crippen LogP contribution in [0.25, 0.3) is 0 Å². The van der Waals surface area contributed by atoms with Gasteiger partial charge in [-0.05, 0) is 31.5 Å². The Morgan fingerprint density at radius 3 is 2.65 bits per heavy atom. The molecule has 0 amide bonds. The van der Waals surface area contributed by atoms with Crippen molar-refractivity contribution in [1.29, 1.82) is 0 Å². The summed E-state index contributed by atoms with van der Waals surface area (Å²) in [6.45, 7) is 6.16. The van der Waals surface area contributed by atoms with Crippen molar-refractivity contribution in [2.45, 2.75) is 25.8 Å². The van der Waals surface area contributed by atoms with E-state index in [1.807, 2.05) is 18.3 Å². The van der Waals surface area contributed by atoms with Crippen LogP contribution >= 0.6 is 24.0 Å². The van der Waals surface area contributed by atoms with Crippen molar-refractivity contribution < 1.29 is 9.47 Å². The molecule has 2 N–H and O–H groups in total. The van der Waals surface area contributed by atoms with Gasteiger partial charge in [-0.3, -0.25) is 4.99 Å². The number of ether oxygens (including phenoxy) is 2. The zero-order valence-corrected chi connectivity index (χ0v) is 18.2. The van der Waals surface area contributed by atoms with Gasteiger partial charge < -0.3 is 25.0 Å². The summed E-state index contributed by atoms with van der Waals surface area (Å²) in [6.07, 6.45) is 5.84. The summed E-state index contributed by atoms with van der Waals surface area (Å²) in [4.78, 5) is 11.1. The van der Waals surface area contributed by atoms with Gasteiger partial charge in [0.25, 0.3) is 0 Å². The van der Waals surface area contributed by atoms with Gasteiger partial charge >= 0.3 is 0 Å². The van der Waals surface area contributed by atoms with Crippen LogP contribution in [-0.4, -0.2) is 69.4 Å². The van der Waals surface area contributed by atoms with Gasteiger partial charge in [0.2, 0.25) is 5.88 Å². The first-order chi connectivity index (χ1) is 12.3. The highest BCUT2D eigenvalue weighted by Crippen LogP contribution is 2.08. The number of hydrogen-bond acceptors (Lipinski definition) is 5. The Morgan fingerprint density at radius 2 is 2.00 bits per heavy atom. The zero-order valence-electron chi connectivity index (χ0n) is 15.9. The van der Waals surface area contributed by atoms with E-state index >= 15 is 0 Å². The van der Waals surface area contributed by atoms with Gasteiger partial charge in [0, 0.05) is 46.1 Å². The van der Waals surface area contributed by atoms with E-state index in [-0.39, 0.29) is 24.0 Å². The van der Waals surface area contributed by atoms with Crippen LogP contribution in [0.4, 0.5) is 0 Å². The average molecular weight is 477 g/mol. The second-order valence-corrected chi connectivity index (χ2v) is 6.10. The number of halogens is 1. The van der Waals surface area contributed by atoms with Gasteiger partial charge in [-0.25, -0.2) is 4.98 Å². The van der Waals surface area contributed by atoms with Crippen LogP contribution in [0, 0.1) is 0 Å². The molecule has 1 saturated heterocycles. The Labute approximate surface area is 174 Å². The second-order valence-electron chi connectivity index (χ2n) is 6.10. The van der Waals surface area contributed by atoms with Crippen molar-refractivity contribution in [3.05, 3.63) is 23.9 Å². The lowest BCUT2D eigenvalue weighted by atomic mass is 10.1. The lowest BCUT2D eigenvalue weighted by Gasteiger charge is -2.26. The van der Waals surface area contributed by atoms with Crippen LogP contribution in [0.2, 0.25) is 0 Å². The van der Waals surface area contributed by atoms with Crippen LogP contribution in [0.15, 0.2) is 23.3 Å². The Hall–Kier alpha value is -1.13. The van der Waals surface area contributed by atoms with Crippen molar-refractivity contribution in [2.24, 2.45) is 4.99 Å². The van der Waals surface area contributed by atoms with E-state index in [1.54, 1.807) is 14.2 Å². The van der Waals surface area contributed by atoms with E-state index < -0.39 is 0 Å². The minimum absolute atomic E-state index is 0. The Balaban J connectivity index is 0.00000338. The normalized spacial score (nSPS) is 15.2. The first kappa shape index (κ1) is 22.9. The molecule has 0 spiro atoms. The summed E-state index contributed by atoms with van der Waals surface area (Å²) in [5, 5.41) is 6.69. The number of aliphatic imine (C=N–C) groups is 1. The number of guanidine groups is 1. The maximum absolute atomic E-state index is 5.46. The van der Waals surface area contributed by atoms with E-state index in [0.29, 0.717) is 25.6 Å². The highest BCUT2D eigenvalue weighted by Gasteiger charge is 2.09. The van der Waals surface area contributed by atoms with Gasteiger partial charge in [0.15, 0.2) is 5.96 Å². The summed E-state index contributed by atoms with van der Waals surface area (Å²) in [5.41, 5.74) is 1.08. The molecule has 0 aliphatic carbocycles. The van der Waals surface area contributed by atoms with Crippen molar-refractivity contribution in [3.8, 4) is 5.88 Å². The van der Waals surface area contributed by atoms with E-state index in [2.05, 4.69) is 25.5 Å². The van der Waals surface area contributed by atoms with Gasteiger partial charge in [0.1, 0.15) is 6.61 Å². The van der Waals surface area contributed by atoms with Crippen LogP contribution in [0.5, 0.6) is 5.88 Å². The summed E-state index contributed by atoms with van der Waals surface area (Å²) in [7, 11) is 3.44. The molecule has 7 nitrogen and oxygen atoms in total. The van der Waals surface area contributed by atoms with E-state index in [1.165, 1.54) is 32.4 Å². The van der Waals surface area contributed by atoms with Crippen molar-refractivity contribution in [3.63, 3.8) is 0 Å². The summed E-state index contributed by atoms with van der Waals surface area (Å²) < 4.78 is 10.4. The Morgan fingerprint density at radius 1 is 1.19 bits per heavy atom. The number of piperidine rings is 1. The molecule has 0 unspecified atom stereocenters. The molecule has 1 aliphatic heterocycles. The topological polar surface area (TPSA) is 71.0 Å². The first-order valence-corrected chi connectivity index (χ1v) is 9.05. The van der Waals surface area contributed by atoms with Crippen molar-refractivity contribution in [1.82, 2.24) is 20.5 Å². The third-order valence-corrected chi connectivity index (χ3v) is 4.19. The molecular formula is C18H32IN5O2. The van der Waals surface area contributed by atoms with Gasteiger partial charge in [0.05, 0.1) is 6.61 Å². The first-order valence-electron chi connectivity index (χ1n) is 9.05. The monoisotopic (exact) mass is 477 g/mol. The number of aromatic nitrogens is 1. The van der Waals surface area contributed by atoms with Crippen LogP contribution in [-0.2, 0) is 11.3 Å². The smallest absolute Gasteiger partial charge is 0.213 e. The molecule has 0 aromatic carbocycles. The molecule has 1 fully saturated rings. The lowest BCUT2D eigenvalue weighted by molar-refractivity contribution is 0.143. The fraction of sp³-hybridized carbons (Fsp3) is 0.667. The minimum Gasteiger partial charge on any atom is -0.475 e. The summed E-state index contributed by atoms with van der Waals surface area (Å²) in [5.74, 6) is 1.43. The molecule has 26 heavy (non-hydrogen) atoms. The number of hydrogen-bond donors (Lipinski definition) is 2. The molecule has 2 heterocycles. The molecule has 0 atom stereocenters. The van der Waals surface area contributed by atoms with E-state index in [9.17, 15) is 0 Å². The fourth-order valence-electron chi connectivity index (χ4n) is 2.75. The molecule has 1 aromatic heterocycles. The predicted octanol–water partition coefficient (Wildman–Crippen LogP) is 1.88. The number of methoxy groups -OCH3 is 1. The number of pyridine rings is 1. The fourth-order valence-corrected chi connectivity index (χ4v) is 2.75. The molecule has 8 heteroatoms. The molecule has 2 rings (SSSR count). The van der Waals surface area contributed by atoms with Crippen molar-refractivity contribution in [2.75, 3.05) is 53.6 Å². The maximum atomic E-state index is 5.46. The third-order valence-electron chi connectivity index (χ3n) is 4.19. The number of likely N-dealkylation sites (tertiary alicyclic amines) is 1. The zero-order chi connectivity index (χ0) is 17.7. The molecule has 0 radical (unpaired) electrons. The second kappa shape index (κ2) is 14.0. The van der Waals surface area contributed by atoms with Crippen LogP contribution < -0.4 is 15.4 Å². The predicted molar refractivity (Wildman–Crippen MR) is 116 cm³/mol. The molecule has 1 aromatic rings. The van der Waals surface area contributed by atoms with Gasteiger partial charge in [-0.15, -0.1) is 24.0 Å². The van der Waals surface area contributed by atoms with Crippen molar-refractivity contribution >= 4 is 29.9 Å². The molecule has 1 aliphatic rings. The SMILES string of the molecule is CN=C(NCCN1CCCCC1)NCc1ccc(OCCOC)nc1.I. The van der Waals surface area contributed by atoms with Crippen LogP contribution in [0.3, 0.4) is 0 Å². The lowest BCUT2D eigenvalue weighted by Crippen LogP contribution is -2.42. The summed E-state index contributed by atoms with van der Waals surface area (Å²) in [6, 6.07) is 3.88. The minimum atomic E-state index is 0. The Kier molecular flexibility index (Phi) is 12.3. The number of nitrogens with one attached hydrogen (secondary N) is 2. The van der Waals surface area contributed by atoms with E-state index in [4.69, 9.17) is 9.47 Å². The van der Waals surface area contributed by atoms with Gasteiger partial charge in [-0.2, -0.15) is 0 Å². The molecule has 0 saturated carbocycles. The highest BCUT2D eigenvalue weighted by atomic mass is 127. The molecule has 148 valence electrons. The summed E-state index contributed by atoms with van der Waals surface area (Å²) >= 11 is 0. The number of nitrogens with zero attached hydrogens (tertiary/aromatic N) is 3. The quantitative estimate of drug-likeness (QED) is 0.245. The average Bonchev–Trinajstić information content (AvgIpc) is 2.66. The number of rotatable bonds is 9. The highest BCUT2D eigenvalue weighted by molar-refractivity contribution is 14.0. The molecular weight excluding hydrogens is 445 g/mol. The third kappa shape index (κ3) is 9.00. The molecule has 0 bridgehead atoms. The van der Waals surface area contributed by atoms with E-state index in [0.717, 1.165) is 24.6 Å². The van der Waals surface area contributed by atoms with Gasteiger partial charge in [-0.1, -0.05) is 12.5 Å². The van der Waals surface area contributed by atoms with Crippen LogP contribution in [0.1, 0.15) is 24.8 Å².